The minimum Gasteiger partial charge on any atom is -0.496 e. The molecule has 4 nitrogen and oxygen atoms in total. The number of amides is 1. The van der Waals surface area contributed by atoms with Crippen molar-refractivity contribution in [3.8, 4) is 11.8 Å². The van der Waals surface area contributed by atoms with Crippen LogP contribution in [0.25, 0.3) is 0 Å². The second kappa shape index (κ2) is 6.54. The third-order valence-corrected chi connectivity index (χ3v) is 2.46. The van der Waals surface area contributed by atoms with Gasteiger partial charge in [-0.15, -0.1) is 0 Å². The van der Waals surface area contributed by atoms with Gasteiger partial charge in [-0.2, -0.15) is 5.26 Å². The molecule has 17 heavy (non-hydrogen) atoms. The van der Waals surface area contributed by atoms with Crippen LogP contribution in [0.5, 0.6) is 5.75 Å². The summed E-state index contributed by atoms with van der Waals surface area (Å²) < 4.78 is 5.22. The molecule has 0 saturated carbocycles. The van der Waals surface area contributed by atoms with E-state index in [1.54, 1.807) is 7.11 Å². The summed E-state index contributed by atoms with van der Waals surface area (Å²) >= 11 is 0. The molecule has 0 unspecified atom stereocenters. The van der Waals surface area contributed by atoms with Crippen LogP contribution in [-0.2, 0) is 17.6 Å². The lowest BCUT2D eigenvalue weighted by atomic mass is 10.0. The Bertz CT molecular complexity index is 436. The van der Waals surface area contributed by atoms with E-state index >= 15 is 0 Å². The third-order valence-electron chi connectivity index (χ3n) is 2.46. The molecule has 1 N–H and O–H groups in total. The van der Waals surface area contributed by atoms with Crippen molar-refractivity contribution in [2.24, 2.45) is 0 Å². The van der Waals surface area contributed by atoms with E-state index in [0.717, 1.165) is 23.3 Å². The fourth-order valence-corrected chi connectivity index (χ4v) is 1.60. The highest BCUT2D eigenvalue weighted by molar-refractivity contribution is 5.78. The van der Waals surface area contributed by atoms with Gasteiger partial charge in [-0.05, 0) is 23.6 Å². The Hall–Kier alpha value is -2.02. The van der Waals surface area contributed by atoms with E-state index in [1.807, 2.05) is 31.2 Å². The van der Waals surface area contributed by atoms with E-state index in [0.29, 0.717) is 6.42 Å². The number of methoxy groups -OCH3 is 1. The van der Waals surface area contributed by atoms with Gasteiger partial charge in [0.25, 0.3) is 0 Å². The average molecular weight is 232 g/mol. The lowest BCUT2D eigenvalue weighted by Crippen LogP contribution is -2.25. The van der Waals surface area contributed by atoms with Gasteiger partial charge in [0.1, 0.15) is 12.3 Å². The number of rotatable bonds is 5. The van der Waals surface area contributed by atoms with E-state index in [-0.39, 0.29) is 12.5 Å². The van der Waals surface area contributed by atoms with Gasteiger partial charge in [0, 0.05) is 0 Å². The summed E-state index contributed by atoms with van der Waals surface area (Å²) in [5.74, 6) is 0.701. The maximum absolute atomic E-state index is 11.4. The lowest BCUT2D eigenvalue weighted by molar-refractivity contribution is -0.120. The molecule has 0 bridgehead atoms. The summed E-state index contributed by atoms with van der Waals surface area (Å²) in [5, 5.41) is 10.9. The van der Waals surface area contributed by atoms with Gasteiger partial charge in [0.05, 0.1) is 19.6 Å². The second-order valence-corrected chi connectivity index (χ2v) is 3.61. The quantitative estimate of drug-likeness (QED) is 0.781. The van der Waals surface area contributed by atoms with Crippen LogP contribution in [0.3, 0.4) is 0 Å². The van der Waals surface area contributed by atoms with Crippen molar-refractivity contribution >= 4 is 5.91 Å². The Kier molecular flexibility index (Phi) is 5.02. The molecule has 0 aliphatic rings. The van der Waals surface area contributed by atoms with Crippen molar-refractivity contribution in [3.05, 3.63) is 29.3 Å². The summed E-state index contributed by atoms with van der Waals surface area (Å²) in [5.41, 5.74) is 2.01. The Balaban J connectivity index is 2.73. The number of benzene rings is 1. The highest BCUT2D eigenvalue weighted by atomic mass is 16.5. The Morgan fingerprint density at radius 3 is 2.88 bits per heavy atom. The molecule has 0 radical (unpaired) electrons. The highest BCUT2D eigenvalue weighted by Crippen LogP contribution is 2.20. The minimum absolute atomic E-state index is 0.0512. The van der Waals surface area contributed by atoms with Gasteiger partial charge < -0.3 is 10.1 Å². The third kappa shape index (κ3) is 3.80. The Labute approximate surface area is 101 Å². The number of nitrogens with one attached hydrogen (secondary N) is 1. The number of carbonyl (C=O) groups is 1. The predicted octanol–water partition coefficient (Wildman–Crippen LogP) is 1.44. The van der Waals surface area contributed by atoms with Crippen LogP contribution in [0.1, 0.15) is 18.1 Å². The second-order valence-electron chi connectivity index (χ2n) is 3.61. The first-order valence-electron chi connectivity index (χ1n) is 5.50. The topological polar surface area (TPSA) is 62.1 Å². The van der Waals surface area contributed by atoms with E-state index in [2.05, 4.69) is 5.32 Å². The molecule has 0 heterocycles. The molecule has 4 heteroatoms. The van der Waals surface area contributed by atoms with Crippen LogP contribution in [0.4, 0.5) is 0 Å². The minimum atomic E-state index is -0.140. The molecule has 0 aromatic heterocycles. The largest absolute Gasteiger partial charge is 0.496 e. The SMILES string of the molecule is CCc1cc(CC(=O)NCC#N)ccc1OC. The smallest absolute Gasteiger partial charge is 0.225 e. The zero-order valence-electron chi connectivity index (χ0n) is 10.1. The molecule has 0 aliphatic heterocycles. The molecular formula is C13H16N2O2. The molecule has 0 aliphatic carbocycles. The monoisotopic (exact) mass is 232 g/mol. The first-order chi connectivity index (χ1) is 8.21. The van der Waals surface area contributed by atoms with Crippen molar-refractivity contribution in [3.63, 3.8) is 0 Å². The number of hydrogen-bond donors (Lipinski definition) is 1. The zero-order valence-corrected chi connectivity index (χ0v) is 10.1. The molecule has 0 atom stereocenters. The Morgan fingerprint density at radius 1 is 1.53 bits per heavy atom. The standard InChI is InChI=1S/C13H16N2O2/c1-3-11-8-10(4-5-12(11)17-2)9-13(16)15-7-6-14/h4-5,8H,3,7,9H2,1-2H3,(H,15,16). The molecule has 0 fully saturated rings. The predicted molar refractivity (Wildman–Crippen MR) is 64.7 cm³/mol. The zero-order chi connectivity index (χ0) is 12.7. The molecule has 0 saturated heterocycles. The summed E-state index contributed by atoms with van der Waals surface area (Å²) in [6.07, 6.45) is 1.15. The first-order valence-corrected chi connectivity index (χ1v) is 5.50. The normalized spacial score (nSPS) is 9.47. The fourth-order valence-electron chi connectivity index (χ4n) is 1.60. The number of nitrogens with zero attached hydrogens (tertiary/aromatic N) is 1. The maximum atomic E-state index is 11.4. The molecular weight excluding hydrogens is 216 g/mol. The lowest BCUT2D eigenvalue weighted by Gasteiger charge is -2.09. The maximum Gasteiger partial charge on any atom is 0.225 e. The fraction of sp³-hybridized carbons (Fsp3) is 0.385. The van der Waals surface area contributed by atoms with Gasteiger partial charge in [0.2, 0.25) is 5.91 Å². The van der Waals surface area contributed by atoms with Crippen molar-refractivity contribution < 1.29 is 9.53 Å². The van der Waals surface area contributed by atoms with Crippen LogP contribution in [0, 0.1) is 11.3 Å². The first kappa shape index (κ1) is 13.0. The van der Waals surface area contributed by atoms with E-state index in [9.17, 15) is 4.79 Å². The molecule has 1 aromatic carbocycles. The van der Waals surface area contributed by atoms with Crippen LogP contribution in [-0.4, -0.2) is 19.6 Å². The molecule has 1 aromatic rings. The van der Waals surface area contributed by atoms with Gasteiger partial charge >= 0.3 is 0 Å². The number of carbonyl (C=O) groups excluding carboxylic acids is 1. The molecule has 90 valence electrons. The van der Waals surface area contributed by atoms with E-state index in [1.165, 1.54) is 0 Å². The number of ether oxygens (including phenoxy) is 1. The van der Waals surface area contributed by atoms with Crippen molar-refractivity contribution in [1.82, 2.24) is 5.32 Å². The van der Waals surface area contributed by atoms with Crippen LogP contribution < -0.4 is 10.1 Å². The molecule has 0 spiro atoms. The number of aryl methyl sites for hydroxylation is 1. The summed E-state index contributed by atoms with van der Waals surface area (Å²) in [4.78, 5) is 11.4. The van der Waals surface area contributed by atoms with Gasteiger partial charge in [-0.1, -0.05) is 19.1 Å². The van der Waals surface area contributed by atoms with Crippen molar-refractivity contribution in [1.29, 1.82) is 5.26 Å². The van der Waals surface area contributed by atoms with Gasteiger partial charge in [-0.25, -0.2) is 0 Å². The number of nitriles is 1. The summed E-state index contributed by atoms with van der Waals surface area (Å²) in [6.45, 7) is 2.09. The van der Waals surface area contributed by atoms with E-state index in [4.69, 9.17) is 10.00 Å². The molecule has 1 amide bonds. The van der Waals surface area contributed by atoms with Crippen LogP contribution >= 0.6 is 0 Å². The van der Waals surface area contributed by atoms with Crippen molar-refractivity contribution in [2.45, 2.75) is 19.8 Å². The summed E-state index contributed by atoms with van der Waals surface area (Å²) in [7, 11) is 1.63. The van der Waals surface area contributed by atoms with Crippen molar-refractivity contribution in [2.75, 3.05) is 13.7 Å². The van der Waals surface area contributed by atoms with Gasteiger partial charge in [-0.3, -0.25) is 4.79 Å². The van der Waals surface area contributed by atoms with Crippen LogP contribution in [0.15, 0.2) is 18.2 Å². The van der Waals surface area contributed by atoms with E-state index < -0.39 is 0 Å². The number of hydrogen-bond acceptors (Lipinski definition) is 3. The summed E-state index contributed by atoms with van der Waals surface area (Å²) in [6, 6.07) is 7.57. The van der Waals surface area contributed by atoms with Crippen LogP contribution in [0.2, 0.25) is 0 Å². The average Bonchev–Trinajstić information content (AvgIpc) is 2.36. The Morgan fingerprint density at radius 2 is 2.29 bits per heavy atom. The van der Waals surface area contributed by atoms with Gasteiger partial charge in [0.15, 0.2) is 0 Å². The highest BCUT2D eigenvalue weighted by Gasteiger charge is 2.06. The molecule has 1 rings (SSSR count).